The fourth-order valence-corrected chi connectivity index (χ4v) is 5.54. The quantitative estimate of drug-likeness (QED) is 0.192. The van der Waals surface area contributed by atoms with Crippen molar-refractivity contribution in [1.29, 1.82) is 5.26 Å². The van der Waals surface area contributed by atoms with Crippen LogP contribution in [0.1, 0.15) is 5.56 Å². The summed E-state index contributed by atoms with van der Waals surface area (Å²) < 4.78 is 0.917. The lowest BCUT2D eigenvalue weighted by Crippen LogP contribution is -2.00. The highest BCUT2D eigenvalue weighted by Gasteiger charge is 2.15. The Hall–Kier alpha value is -5.58. The zero-order chi connectivity index (χ0) is 29.2. The number of rotatable bonds is 5. The Balaban J connectivity index is 1.34. The Kier molecular flexibility index (Phi) is 6.96. The number of halogens is 1. The van der Waals surface area contributed by atoms with E-state index < -0.39 is 0 Å². The van der Waals surface area contributed by atoms with Crippen LogP contribution in [-0.4, -0.2) is 24.9 Å². The molecule has 202 valence electrons. The van der Waals surface area contributed by atoms with Gasteiger partial charge in [-0.3, -0.25) is 9.97 Å². The number of aromatic nitrogens is 5. The molecular formula is C36H21BrN6. The number of nitriles is 1. The first kappa shape index (κ1) is 26.3. The van der Waals surface area contributed by atoms with Crippen LogP contribution in [0.15, 0.2) is 132 Å². The van der Waals surface area contributed by atoms with Crippen LogP contribution in [-0.2, 0) is 0 Å². The lowest BCUT2D eigenvalue weighted by atomic mass is 9.98. The third kappa shape index (κ3) is 5.40. The van der Waals surface area contributed by atoms with Crippen LogP contribution in [0.25, 0.3) is 67.3 Å². The van der Waals surface area contributed by atoms with Crippen LogP contribution in [0, 0.1) is 11.3 Å². The van der Waals surface area contributed by atoms with Crippen molar-refractivity contribution >= 4 is 26.8 Å². The number of hydrogen-bond acceptors (Lipinski definition) is 6. The van der Waals surface area contributed by atoms with Gasteiger partial charge in [-0.15, -0.1) is 0 Å². The van der Waals surface area contributed by atoms with Crippen molar-refractivity contribution in [3.63, 3.8) is 0 Å². The summed E-state index contributed by atoms with van der Waals surface area (Å²) in [6.07, 6.45) is 5.27. The number of nitrogens with zero attached hydrogens (tertiary/aromatic N) is 6. The van der Waals surface area contributed by atoms with Gasteiger partial charge in [0.25, 0.3) is 0 Å². The first-order chi connectivity index (χ1) is 21.1. The molecule has 0 N–H and O–H groups in total. The maximum Gasteiger partial charge on any atom is 0.164 e. The molecule has 0 atom stereocenters. The lowest BCUT2D eigenvalue weighted by Gasteiger charge is -2.12. The minimum atomic E-state index is 0.564. The first-order valence-electron chi connectivity index (χ1n) is 13.6. The summed E-state index contributed by atoms with van der Waals surface area (Å²) in [5, 5.41) is 10.2. The topological polar surface area (TPSA) is 88.2 Å². The number of pyridine rings is 2. The summed E-state index contributed by atoms with van der Waals surface area (Å²) in [5.74, 6) is 1.70. The van der Waals surface area contributed by atoms with Gasteiger partial charge >= 0.3 is 0 Å². The van der Waals surface area contributed by atoms with E-state index in [4.69, 9.17) is 20.2 Å². The summed E-state index contributed by atoms with van der Waals surface area (Å²) in [7, 11) is 0. The second-order valence-electron chi connectivity index (χ2n) is 9.91. The first-order valence-corrected chi connectivity index (χ1v) is 14.4. The van der Waals surface area contributed by atoms with E-state index in [9.17, 15) is 0 Å². The zero-order valence-electron chi connectivity index (χ0n) is 22.7. The molecule has 0 saturated heterocycles. The van der Waals surface area contributed by atoms with E-state index in [-0.39, 0.29) is 0 Å². The predicted octanol–water partition coefficient (Wildman–Crippen LogP) is 8.78. The SMILES string of the molecule is N#Cc1ccc(-c2ccc(-c3nc(-c4ccncc4)nc(-c4cc(Br)cc(-c5cccc6ncccc56)c4)n3)cc2)cc1. The molecular weight excluding hydrogens is 596 g/mol. The van der Waals surface area contributed by atoms with Gasteiger partial charge < -0.3 is 0 Å². The van der Waals surface area contributed by atoms with E-state index >= 15 is 0 Å². The van der Waals surface area contributed by atoms with Gasteiger partial charge in [0.15, 0.2) is 17.5 Å². The summed E-state index contributed by atoms with van der Waals surface area (Å²) in [6.45, 7) is 0. The van der Waals surface area contributed by atoms with E-state index in [0.717, 1.165) is 54.3 Å². The molecule has 4 aromatic carbocycles. The molecule has 0 amide bonds. The summed E-state index contributed by atoms with van der Waals surface area (Å²) in [6, 6.07) is 38.0. The Morgan fingerprint density at radius 1 is 0.535 bits per heavy atom. The van der Waals surface area contributed by atoms with Crippen molar-refractivity contribution in [2.45, 2.75) is 0 Å². The molecule has 7 aromatic rings. The molecule has 3 heterocycles. The predicted molar refractivity (Wildman–Crippen MR) is 173 cm³/mol. The molecule has 0 saturated carbocycles. The minimum Gasteiger partial charge on any atom is -0.265 e. The lowest BCUT2D eigenvalue weighted by molar-refractivity contribution is 1.07. The molecule has 0 bridgehead atoms. The minimum absolute atomic E-state index is 0.564. The fourth-order valence-electron chi connectivity index (χ4n) is 5.04. The van der Waals surface area contributed by atoms with Crippen LogP contribution in [0.3, 0.4) is 0 Å². The van der Waals surface area contributed by atoms with E-state index in [1.165, 1.54) is 0 Å². The van der Waals surface area contributed by atoms with Gasteiger partial charge in [-0.1, -0.05) is 70.5 Å². The Bertz CT molecular complexity index is 2130. The maximum absolute atomic E-state index is 9.12. The average molecular weight is 618 g/mol. The van der Waals surface area contributed by atoms with Crippen LogP contribution >= 0.6 is 15.9 Å². The van der Waals surface area contributed by atoms with Crippen LogP contribution < -0.4 is 0 Å². The smallest absolute Gasteiger partial charge is 0.164 e. The highest BCUT2D eigenvalue weighted by molar-refractivity contribution is 9.10. The molecule has 7 rings (SSSR count). The van der Waals surface area contributed by atoms with Gasteiger partial charge in [-0.2, -0.15) is 5.26 Å². The second kappa shape index (κ2) is 11.4. The van der Waals surface area contributed by atoms with Crippen molar-refractivity contribution in [2.24, 2.45) is 0 Å². The van der Waals surface area contributed by atoms with Crippen molar-refractivity contribution in [3.8, 4) is 62.5 Å². The van der Waals surface area contributed by atoms with Crippen molar-refractivity contribution < 1.29 is 0 Å². The highest BCUT2D eigenvalue weighted by Crippen LogP contribution is 2.34. The monoisotopic (exact) mass is 616 g/mol. The van der Waals surface area contributed by atoms with Crippen LogP contribution in [0.5, 0.6) is 0 Å². The summed E-state index contributed by atoms with van der Waals surface area (Å²) in [4.78, 5) is 23.4. The second-order valence-corrected chi connectivity index (χ2v) is 10.8. The maximum atomic E-state index is 9.12. The van der Waals surface area contributed by atoms with Gasteiger partial charge in [0.2, 0.25) is 0 Å². The normalized spacial score (nSPS) is 10.9. The Labute approximate surface area is 256 Å². The van der Waals surface area contributed by atoms with Gasteiger partial charge in [-0.05, 0) is 76.9 Å². The van der Waals surface area contributed by atoms with Crippen LogP contribution in [0.4, 0.5) is 0 Å². The molecule has 0 aliphatic heterocycles. The van der Waals surface area contributed by atoms with E-state index in [1.807, 2.05) is 91.1 Å². The summed E-state index contributed by atoms with van der Waals surface area (Å²) in [5.41, 5.74) is 8.33. The van der Waals surface area contributed by atoms with E-state index in [1.54, 1.807) is 12.4 Å². The molecule has 3 aromatic heterocycles. The highest BCUT2D eigenvalue weighted by atomic mass is 79.9. The van der Waals surface area contributed by atoms with Crippen molar-refractivity contribution in [3.05, 3.63) is 138 Å². The largest absolute Gasteiger partial charge is 0.265 e. The molecule has 0 aliphatic rings. The third-order valence-electron chi connectivity index (χ3n) is 7.18. The number of fused-ring (bicyclic) bond motifs is 1. The molecule has 7 heteroatoms. The average Bonchev–Trinajstić information content (AvgIpc) is 3.08. The fraction of sp³-hybridized carbons (Fsp3) is 0. The van der Waals surface area contributed by atoms with Gasteiger partial charge in [0, 0.05) is 45.1 Å². The van der Waals surface area contributed by atoms with Gasteiger partial charge in [0.1, 0.15) is 0 Å². The van der Waals surface area contributed by atoms with Crippen molar-refractivity contribution in [2.75, 3.05) is 0 Å². The van der Waals surface area contributed by atoms with E-state index in [0.29, 0.717) is 23.0 Å². The molecule has 0 spiro atoms. The molecule has 43 heavy (non-hydrogen) atoms. The van der Waals surface area contributed by atoms with Gasteiger partial charge in [0.05, 0.1) is 17.1 Å². The zero-order valence-corrected chi connectivity index (χ0v) is 24.3. The number of hydrogen-bond donors (Lipinski definition) is 0. The molecule has 0 aliphatic carbocycles. The number of benzene rings is 4. The summed E-state index contributed by atoms with van der Waals surface area (Å²) >= 11 is 3.72. The van der Waals surface area contributed by atoms with Crippen molar-refractivity contribution in [1.82, 2.24) is 24.9 Å². The molecule has 0 radical (unpaired) electrons. The Morgan fingerprint density at radius 2 is 1.14 bits per heavy atom. The van der Waals surface area contributed by atoms with Crippen LogP contribution in [0.2, 0.25) is 0 Å². The van der Waals surface area contributed by atoms with E-state index in [2.05, 4.69) is 56.2 Å². The standard InChI is InChI=1S/C36H21BrN6/c37-30-20-28(31-3-1-5-33-32(31)4-2-16-40-33)19-29(21-30)36-42-34(41-35(43-36)27-14-17-39-18-15-27)26-12-10-25(11-13-26)24-8-6-23(22-38)7-9-24/h1-21H. The van der Waals surface area contributed by atoms with Gasteiger partial charge in [-0.25, -0.2) is 15.0 Å². The molecule has 6 nitrogen and oxygen atoms in total. The molecule has 0 fully saturated rings. The Morgan fingerprint density at radius 3 is 1.84 bits per heavy atom. The molecule has 0 unspecified atom stereocenters. The third-order valence-corrected chi connectivity index (χ3v) is 7.63.